The van der Waals surface area contributed by atoms with Crippen LogP contribution in [0.3, 0.4) is 0 Å². The average molecular weight is 600 g/mol. The summed E-state index contributed by atoms with van der Waals surface area (Å²) in [6.45, 7) is 7.01. The third-order valence-corrected chi connectivity index (χ3v) is 6.55. The van der Waals surface area contributed by atoms with Crippen LogP contribution in [0.1, 0.15) is 51.2 Å². The highest BCUT2D eigenvalue weighted by Gasteiger charge is 2.41. The molecule has 0 spiro atoms. The Morgan fingerprint density at radius 2 is 1.64 bits per heavy atom. The predicted octanol–water partition coefficient (Wildman–Crippen LogP) is 2.42. The molecule has 1 aliphatic heterocycles. The van der Waals surface area contributed by atoms with Crippen LogP contribution in [0.2, 0.25) is 0 Å². The molecule has 2 heterocycles. The molecule has 3 amide bonds. The summed E-state index contributed by atoms with van der Waals surface area (Å²) in [4.78, 5) is 65.4. The Kier molecular flexibility index (Phi) is 10.0. The second-order valence-electron chi connectivity index (χ2n) is 10.3. The fraction of sp³-hybridized carbons (Fsp3) is 0.538. The van der Waals surface area contributed by atoms with Crippen LogP contribution in [0.4, 0.5) is 18.0 Å². The van der Waals surface area contributed by atoms with Crippen LogP contribution in [0, 0.1) is 11.8 Å². The molecule has 0 unspecified atom stereocenters. The fourth-order valence-corrected chi connectivity index (χ4v) is 4.43. The summed E-state index contributed by atoms with van der Waals surface area (Å²) >= 11 is 0. The Hall–Kier alpha value is -4.37. The van der Waals surface area contributed by atoms with Gasteiger partial charge in [-0.25, -0.2) is 9.59 Å². The largest absolute Gasteiger partial charge is 0.573 e. The predicted molar refractivity (Wildman–Crippen MR) is 139 cm³/mol. The molecule has 1 saturated heterocycles. The van der Waals surface area contributed by atoms with Crippen molar-refractivity contribution in [2.24, 2.45) is 11.8 Å². The average Bonchev–Trinajstić information content (AvgIpc) is 3.56. The molecule has 16 heteroatoms. The highest BCUT2D eigenvalue weighted by molar-refractivity contribution is 6.00. The summed E-state index contributed by atoms with van der Waals surface area (Å²) in [5, 5.41) is 8.99. The number of amides is 3. The minimum Gasteiger partial charge on any atom is -0.453 e. The number of nitrogens with one attached hydrogen (secondary N) is 2. The van der Waals surface area contributed by atoms with Gasteiger partial charge in [-0.3, -0.25) is 14.4 Å². The number of hydrogen-bond acceptors (Lipinski definition) is 9. The van der Waals surface area contributed by atoms with Gasteiger partial charge in [0.15, 0.2) is 0 Å². The van der Waals surface area contributed by atoms with Crippen LogP contribution in [0.25, 0.3) is 5.69 Å². The Morgan fingerprint density at radius 1 is 1.02 bits per heavy atom. The number of benzene rings is 1. The maximum Gasteiger partial charge on any atom is 0.573 e. The number of hydrogen-bond donors (Lipinski definition) is 2. The molecule has 0 bridgehead atoms. The standard InChI is InChI=1S/C26H32F3N5O8/c1-13(2)18(30-21(36)17-7-6-12-33(17)23(37)19(14(3)4)31-24(38)40-5)20(35)22-32-34(25(39)41-22)15-8-10-16(11-9-15)42-26(27,28)29/h8-11,13-14,17-19H,6-7,12H2,1-5H3,(H,30,36)(H,31,38)/t17-,18-,19-/m0/s1. The second kappa shape index (κ2) is 13.1. The van der Waals surface area contributed by atoms with Crippen molar-refractivity contribution in [2.75, 3.05) is 13.7 Å². The van der Waals surface area contributed by atoms with E-state index in [1.165, 1.54) is 12.0 Å². The van der Waals surface area contributed by atoms with Gasteiger partial charge in [0, 0.05) is 6.54 Å². The van der Waals surface area contributed by atoms with Gasteiger partial charge in [-0.1, -0.05) is 27.7 Å². The van der Waals surface area contributed by atoms with E-state index in [4.69, 9.17) is 4.42 Å². The summed E-state index contributed by atoms with van der Waals surface area (Å²) in [7, 11) is 1.17. The molecule has 1 aromatic carbocycles. The molecule has 3 atom stereocenters. The monoisotopic (exact) mass is 599 g/mol. The lowest BCUT2D eigenvalue weighted by Gasteiger charge is -2.31. The zero-order chi connectivity index (χ0) is 31.4. The van der Waals surface area contributed by atoms with Gasteiger partial charge in [0.05, 0.1) is 18.8 Å². The SMILES string of the molecule is COC(=O)N[C@H](C(=O)N1CCC[C@H]1C(=O)N[C@H](C(=O)c1nn(-c2ccc(OC(F)(F)F)cc2)c(=O)o1)C(C)C)C(C)C. The molecule has 1 aliphatic rings. The van der Waals surface area contributed by atoms with Crippen molar-refractivity contribution in [3.63, 3.8) is 0 Å². The number of halogens is 3. The van der Waals surface area contributed by atoms with Gasteiger partial charge in [0.1, 0.15) is 17.8 Å². The molecule has 0 aliphatic carbocycles. The van der Waals surface area contributed by atoms with Crippen molar-refractivity contribution >= 4 is 23.7 Å². The third-order valence-electron chi connectivity index (χ3n) is 6.55. The van der Waals surface area contributed by atoms with Gasteiger partial charge in [0.25, 0.3) is 5.89 Å². The van der Waals surface area contributed by atoms with E-state index in [0.29, 0.717) is 17.5 Å². The fourth-order valence-electron chi connectivity index (χ4n) is 4.43. The summed E-state index contributed by atoms with van der Waals surface area (Å²) in [6.07, 6.45) is -4.86. The van der Waals surface area contributed by atoms with Crippen molar-refractivity contribution in [3.8, 4) is 11.4 Å². The van der Waals surface area contributed by atoms with E-state index in [1.54, 1.807) is 27.7 Å². The molecule has 1 fully saturated rings. The lowest BCUT2D eigenvalue weighted by Crippen LogP contribution is -2.57. The molecule has 2 N–H and O–H groups in total. The van der Waals surface area contributed by atoms with Gasteiger partial charge < -0.3 is 29.4 Å². The van der Waals surface area contributed by atoms with E-state index < -0.39 is 71.5 Å². The Morgan fingerprint density at radius 3 is 2.19 bits per heavy atom. The van der Waals surface area contributed by atoms with E-state index in [1.807, 2.05) is 0 Å². The molecule has 42 heavy (non-hydrogen) atoms. The van der Waals surface area contributed by atoms with Crippen molar-refractivity contribution in [2.45, 2.75) is 65.0 Å². The number of methoxy groups -OCH3 is 1. The van der Waals surface area contributed by atoms with Gasteiger partial charge in [0.2, 0.25) is 17.6 Å². The van der Waals surface area contributed by atoms with Crippen molar-refractivity contribution < 1.29 is 46.2 Å². The normalized spacial score (nSPS) is 16.7. The van der Waals surface area contributed by atoms with E-state index in [0.717, 1.165) is 24.3 Å². The third kappa shape index (κ3) is 7.67. The maximum absolute atomic E-state index is 13.3. The molecule has 230 valence electrons. The van der Waals surface area contributed by atoms with E-state index in [2.05, 4.69) is 25.2 Å². The van der Waals surface area contributed by atoms with Crippen molar-refractivity contribution in [3.05, 3.63) is 40.7 Å². The number of ether oxygens (including phenoxy) is 2. The quantitative estimate of drug-likeness (QED) is 0.391. The van der Waals surface area contributed by atoms with Gasteiger partial charge in [-0.2, -0.15) is 4.68 Å². The minimum absolute atomic E-state index is 0.00263. The Bertz CT molecular complexity index is 1350. The van der Waals surface area contributed by atoms with Crippen LogP contribution in [0.15, 0.2) is 33.5 Å². The maximum atomic E-state index is 13.3. The number of Topliss-reactive ketones (excluding diaryl/α,β-unsaturated/α-hetero) is 1. The number of carbonyl (C=O) groups excluding carboxylic acids is 4. The number of carbonyl (C=O) groups is 4. The number of nitrogens with zero attached hydrogens (tertiary/aromatic N) is 3. The van der Waals surface area contributed by atoms with E-state index in [9.17, 15) is 37.1 Å². The summed E-state index contributed by atoms with van der Waals surface area (Å²) in [6, 6.07) is 1.09. The van der Waals surface area contributed by atoms with Crippen molar-refractivity contribution in [1.29, 1.82) is 0 Å². The molecular formula is C26H32F3N5O8. The lowest BCUT2D eigenvalue weighted by atomic mass is 9.98. The molecule has 13 nitrogen and oxygen atoms in total. The first-order valence-electron chi connectivity index (χ1n) is 13.1. The lowest BCUT2D eigenvalue weighted by molar-refractivity contribution is -0.274. The summed E-state index contributed by atoms with van der Waals surface area (Å²) < 4.78 is 51.4. The number of rotatable bonds is 10. The number of aromatic nitrogens is 2. The second-order valence-corrected chi connectivity index (χ2v) is 10.3. The topological polar surface area (TPSA) is 162 Å². The van der Waals surface area contributed by atoms with Crippen LogP contribution >= 0.6 is 0 Å². The van der Waals surface area contributed by atoms with Crippen LogP contribution in [-0.2, 0) is 14.3 Å². The first-order valence-corrected chi connectivity index (χ1v) is 13.1. The number of alkyl carbamates (subject to hydrolysis) is 1. The van der Waals surface area contributed by atoms with Crippen molar-refractivity contribution in [1.82, 2.24) is 25.3 Å². The number of likely N-dealkylation sites (tertiary alicyclic amines) is 1. The van der Waals surface area contributed by atoms with E-state index >= 15 is 0 Å². The molecular weight excluding hydrogens is 567 g/mol. The smallest absolute Gasteiger partial charge is 0.453 e. The zero-order valence-electron chi connectivity index (χ0n) is 23.6. The first-order chi connectivity index (χ1) is 19.6. The Balaban J connectivity index is 1.77. The van der Waals surface area contributed by atoms with Crippen LogP contribution < -0.4 is 21.1 Å². The highest BCUT2D eigenvalue weighted by Crippen LogP contribution is 2.24. The summed E-state index contributed by atoms with van der Waals surface area (Å²) in [5.74, 6) is -4.95. The summed E-state index contributed by atoms with van der Waals surface area (Å²) in [5.41, 5.74) is 0.00263. The molecule has 1 aromatic heterocycles. The minimum atomic E-state index is -4.90. The van der Waals surface area contributed by atoms with Crippen LogP contribution in [-0.4, -0.2) is 76.5 Å². The van der Waals surface area contributed by atoms with Crippen LogP contribution in [0.5, 0.6) is 5.75 Å². The highest BCUT2D eigenvalue weighted by atomic mass is 19.4. The van der Waals surface area contributed by atoms with Gasteiger partial charge >= 0.3 is 18.2 Å². The molecule has 0 saturated carbocycles. The first kappa shape index (κ1) is 32.1. The number of alkyl halides is 3. The molecule has 2 aromatic rings. The van der Waals surface area contributed by atoms with E-state index in [-0.39, 0.29) is 18.2 Å². The zero-order valence-corrected chi connectivity index (χ0v) is 23.6. The van der Waals surface area contributed by atoms with Gasteiger partial charge in [-0.15, -0.1) is 18.3 Å². The number of ketones is 1. The molecule has 0 radical (unpaired) electrons. The van der Waals surface area contributed by atoms with Gasteiger partial charge in [-0.05, 0) is 48.9 Å². The Labute approximate surface area is 238 Å². The molecule has 3 rings (SSSR count).